The number of nitrogens with one attached hydrogen (secondary N) is 2. The van der Waals surface area contributed by atoms with Crippen LogP contribution in [0.1, 0.15) is 19.8 Å². The van der Waals surface area contributed by atoms with Crippen LogP contribution in [0.4, 0.5) is 16.2 Å². The van der Waals surface area contributed by atoms with Gasteiger partial charge in [-0.3, -0.25) is 9.59 Å². The third-order valence-corrected chi connectivity index (χ3v) is 5.07. The van der Waals surface area contributed by atoms with E-state index in [2.05, 4.69) is 15.5 Å². The quantitative estimate of drug-likeness (QED) is 0.732. The monoisotopic (exact) mass is 404 g/mol. The Morgan fingerprint density at radius 2 is 1.76 bits per heavy atom. The molecule has 2 N–H and O–H groups in total. The van der Waals surface area contributed by atoms with Crippen LogP contribution in [0.3, 0.4) is 0 Å². The minimum Gasteiger partial charge on any atom is -0.450 e. The molecule has 3 rings (SSSR count). The minimum absolute atomic E-state index is 0.145. The van der Waals surface area contributed by atoms with Crippen molar-refractivity contribution in [3.05, 3.63) is 24.3 Å². The maximum Gasteiger partial charge on any atom is 0.409 e. The molecule has 9 heteroatoms. The summed E-state index contributed by atoms with van der Waals surface area (Å²) in [4.78, 5) is 40.3. The van der Waals surface area contributed by atoms with Gasteiger partial charge in [0.25, 0.3) is 0 Å². The Bertz CT molecular complexity index is 727. The van der Waals surface area contributed by atoms with Gasteiger partial charge in [0.1, 0.15) is 0 Å². The summed E-state index contributed by atoms with van der Waals surface area (Å²) in [6.07, 6.45) is 0.833. The summed E-state index contributed by atoms with van der Waals surface area (Å²) >= 11 is 0. The predicted octanol–water partition coefficient (Wildman–Crippen LogP) is 1.20. The Balaban J connectivity index is 1.52. The van der Waals surface area contributed by atoms with E-state index < -0.39 is 11.8 Å². The molecule has 0 atom stereocenters. The van der Waals surface area contributed by atoms with Crippen molar-refractivity contribution in [3.63, 3.8) is 0 Å². The van der Waals surface area contributed by atoms with Gasteiger partial charge in [0.15, 0.2) is 0 Å². The molecular weight excluding hydrogens is 376 g/mol. The number of para-hydroxylation sites is 2. The molecule has 0 aliphatic carbocycles. The van der Waals surface area contributed by atoms with E-state index in [0.29, 0.717) is 51.4 Å². The first-order valence-corrected chi connectivity index (χ1v) is 10.0. The molecule has 2 heterocycles. The van der Waals surface area contributed by atoms with Crippen molar-refractivity contribution < 1.29 is 23.9 Å². The van der Waals surface area contributed by atoms with Crippen LogP contribution in [0, 0.1) is 0 Å². The van der Waals surface area contributed by atoms with Crippen LogP contribution in [0.2, 0.25) is 0 Å². The standard InChI is InChI=1S/C20H28N4O5/c1-2-29-20(27)24-9-7-15(8-10-24)21-18(25)19(26)22-16-5-3-4-6-17(16)23-11-13-28-14-12-23/h3-6,15H,2,7-14H2,1H3,(H,21,25)(H,22,26). The Labute approximate surface area is 170 Å². The molecule has 29 heavy (non-hydrogen) atoms. The maximum absolute atomic E-state index is 12.4. The molecule has 0 radical (unpaired) electrons. The van der Waals surface area contributed by atoms with E-state index in [1.807, 2.05) is 18.2 Å². The molecule has 0 spiro atoms. The first-order valence-electron chi connectivity index (χ1n) is 10.0. The number of likely N-dealkylation sites (tertiary alicyclic amines) is 1. The lowest BCUT2D eigenvalue weighted by atomic mass is 10.1. The molecule has 0 unspecified atom stereocenters. The molecule has 2 fully saturated rings. The molecule has 3 amide bonds. The molecule has 2 aliphatic rings. The first kappa shape index (κ1) is 20.9. The van der Waals surface area contributed by atoms with Gasteiger partial charge in [-0.05, 0) is 31.9 Å². The summed E-state index contributed by atoms with van der Waals surface area (Å²) in [5, 5.41) is 5.49. The summed E-state index contributed by atoms with van der Waals surface area (Å²) in [7, 11) is 0. The number of nitrogens with zero attached hydrogens (tertiary/aromatic N) is 2. The van der Waals surface area contributed by atoms with Gasteiger partial charge < -0.3 is 29.9 Å². The molecule has 1 aromatic carbocycles. The maximum atomic E-state index is 12.4. The van der Waals surface area contributed by atoms with Crippen molar-refractivity contribution in [1.82, 2.24) is 10.2 Å². The average Bonchev–Trinajstić information content (AvgIpc) is 2.75. The molecule has 2 aliphatic heterocycles. The lowest BCUT2D eigenvalue weighted by Gasteiger charge is -2.31. The number of carbonyl (C=O) groups excluding carboxylic acids is 3. The SMILES string of the molecule is CCOC(=O)N1CCC(NC(=O)C(=O)Nc2ccccc2N2CCOCC2)CC1. The van der Waals surface area contributed by atoms with Crippen LogP contribution >= 0.6 is 0 Å². The summed E-state index contributed by atoms with van der Waals surface area (Å²) in [5.74, 6) is -1.37. The van der Waals surface area contributed by atoms with Gasteiger partial charge in [-0.25, -0.2) is 4.79 Å². The highest BCUT2D eigenvalue weighted by Crippen LogP contribution is 2.26. The number of amides is 3. The van der Waals surface area contributed by atoms with Crippen LogP contribution < -0.4 is 15.5 Å². The third-order valence-electron chi connectivity index (χ3n) is 5.07. The summed E-state index contributed by atoms with van der Waals surface area (Å²) in [5.41, 5.74) is 1.48. The van der Waals surface area contributed by atoms with E-state index >= 15 is 0 Å². The third kappa shape index (κ3) is 5.60. The van der Waals surface area contributed by atoms with Gasteiger partial charge in [-0.15, -0.1) is 0 Å². The Kier molecular flexibility index (Phi) is 7.29. The van der Waals surface area contributed by atoms with Crippen molar-refractivity contribution in [3.8, 4) is 0 Å². The summed E-state index contributed by atoms with van der Waals surface area (Å²) in [6.45, 7) is 5.82. The highest BCUT2D eigenvalue weighted by atomic mass is 16.6. The molecule has 9 nitrogen and oxygen atoms in total. The van der Waals surface area contributed by atoms with E-state index in [1.54, 1.807) is 17.9 Å². The fourth-order valence-corrected chi connectivity index (χ4v) is 3.51. The number of morpholine rings is 1. The second kappa shape index (κ2) is 10.1. The topological polar surface area (TPSA) is 100 Å². The Morgan fingerprint density at radius 1 is 1.07 bits per heavy atom. The van der Waals surface area contributed by atoms with Gasteiger partial charge in [-0.1, -0.05) is 12.1 Å². The Morgan fingerprint density at radius 3 is 2.45 bits per heavy atom. The molecule has 158 valence electrons. The highest BCUT2D eigenvalue weighted by Gasteiger charge is 2.26. The molecule has 1 aromatic rings. The van der Waals surface area contributed by atoms with E-state index in [-0.39, 0.29) is 12.1 Å². The average molecular weight is 404 g/mol. The predicted molar refractivity (Wildman–Crippen MR) is 108 cm³/mol. The number of hydrogen-bond acceptors (Lipinski definition) is 6. The van der Waals surface area contributed by atoms with E-state index in [9.17, 15) is 14.4 Å². The normalized spacial score (nSPS) is 17.6. The number of rotatable bonds is 4. The summed E-state index contributed by atoms with van der Waals surface area (Å²) in [6, 6.07) is 7.28. The Hall–Kier alpha value is -2.81. The number of anilines is 2. The minimum atomic E-state index is -0.696. The van der Waals surface area contributed by atoms with Crippen molar-refractivity contribution in [2.75, 3.05) is 56.2 Å². The number of carbonyl (C=O) groups is 3. The smallest absolute Gasteiger partial charge is 0.409 e. The first-order chi connectivity index (χ1) is 14.1. The fraction of sp³-hybridized carbons (Fsp3) is 0.550. The molecule has 0 aromatic heterocycles. The second-order valence-corrected chi connectivity index (χ2v) is 7.00. The van der Waals surface area contributed by atoms with Crippen molar-refractivity contribution in [2.24, 2.45) is 0 Å². The van der Waals surface area contributed by atoms with Gasteiger partial charge in [0.05, 0.1) is 31.2 Å². The zero-order valence-electron chi connectivity index (χ0n) is 16.7. The van der Waals surface area contributed by atoms with E-state index in [1.165, 1.54) is 0 Å². The lowest BCUT2D eigenvalue weighted by molar-refractivity contribution is -0.136. The largest absolute Gasteiger partial charge is 0.450 e. The zero-order chi connectivity index (χ0) is 20.6. The van der Waals surface area contributed by atoms with Crippen LogP contribution in [-0.4, -0.2) is 74.8 Å². The number of piperidine rings is 1. The van der Waals surface area contributed by atoms with Crippen molar-refractivity contribution in [1.29, 1.82) is 0 Å². The zero-order valence-corrected chi connectivity index (χ0v) is 16.7. The van der Waals surface area contributed by atoms with Gasteiger partial charge in [0.2, 0.25) is 0 Å². The van der Waals surface area contributed by atoms with Gasteiger partial charge in [0, 0.05) is 32.2 Å². The van der Waals surface area contributed by atoms with E-state index in [0.717, 1.165) is 18.8 Å². The van der Waals surface area contributed by atoms with Gasteiger partial charge >= 0.3 is 17.9 Å². The molecule has 0 bridgehead atoms. The number of benzene rings is 1. The molecule has 2 saturated heterocycles. The van der Waals surface area contributed by atoms with Gasteiger partial charge in [-0.2, -0.15) is 0 Å². The summed E-state index contributed by atoms with van der Waals surface area (Å²) < 4.78 is 10.4. The number of hydrogen-bond donors (Lipinski definition) is 2. The van der Waals surface area contributed by atoms with Crippen LogP contribution in [0.15, 0.2) is 24.3 Å². The van der Waals surface area contributed by atoms with Crippen molar-refractivity contribution in [2.45, 2.75) is 25.8 Å². The van der Waals surface area contributed by atoms with Crippen molar-refractivity contribution >= 4 is 29.3 Å². The molecule has 0 saturated carbocycles. The van der Waals surface area contributed by atoms with Crippen LogP contribution in [0.25, 0.3) is 0 Å². The van der Waals surface area contributed by atoms with E-state index in [4.69, 9.17) is 9.47 Å². The second-order valence-electron chi connectivity index (χ2n) is 7.00. The number of ether oxygens (including phenoxy) is 2. The molecular formula is C20H28N4O5. The lowest BCUT2D eigenvalue weighted by Crippen LogP contribution is -2.49. The fourth-order valence-electron chi connectivity index (χ4n) is 3.51. The van der Waals surface area contributed by atoms with Crippen LogP contribution in [0.5, 0.6) is 0 Å². The highest BCUT2D eigenvalue weighted by molar-refractivity contribution is 6.40. The van der Waals surface area contributed by atoms with Crippen LogP contribution in [-0.2, 0) is 19.1 Å².